The minimum Gasteiger partial charge on any atom is -0.339 e. The molecule has 1 N–H and O–H groups in total. The van der Waals surface area contributed by atoms with Crippen LogP contribution in [0.4, 0.5) is 0 Å². The van der Waals surface area contributed by atoms with Crippen molar-refractivity contribution < 1.29 is 4.79 Å². The van der Waals surface area contributed by atoms with Crippen LogP contribution in [-0.2, 0) is 4.79 Å². The number of nitrogens with one attached hydrogen (secondary N) is 1. The van der Waals surface area contributed by atoms with Crippen LogP contribution in [0.5, 0.6) is 0 Å². The largest absolute Gasteiger partial charge is 0.339 e. The zero-order chi connectivity index (χ0) is 14.5. The lowest BCUT2D eigenvalue weighted by Gasteiger charge is -2.31. The van der Waals surface area contributed by atoms with Crippen molar-refractivity contribution in [1.29, 1.82) is 0 Å². The molecule has 1 aromatic rings. The zero-order valence-corrected chi connectivity index (χ0v) is 13.9. The van der Waals surface area contributed by atoms with Crippen LogP contribution in [-0.4, -0.2) is 55.5 Å². The molecule has 1 amide bonds. The number of carbonyl (C=O) groups is 1. The van der Waals surface area contributed by atoms with Crippen molar-refractivity contribution in [1.82, 2.24) is 15.1 Å². The molecule has 0 saturated carbocycles. The summed E-state index contributed by atoms with van der Waals surface area (Å²) in [4.78, 5) is 16.3. The Labute approximate surface area is 133 Å². The van der Waals surface area contributed by atoms with E-state index in [2.05, 4.69) is 48.3 Å². The highest BCUT2D eigenvalue weighted by atomic mass is 35.5. The second-order valence-corrected chi connectivity index (χ2v) is 5.64. The van der Waals surface area contributed by atoms with Crippen molar-refractivity contribution in [3.63, 3.8) is 0 Å². The molecule has 1 saturated heterocycles. The maximum absolute atomic E-state index is 12.3. The Morgan fingerprint density at radius 2 is 2.05 bits per heavy atom. The highest BCUT2D eigenvalue weighted by molar-refractivity contribution is 5.85. The minimum absolute atomic E-state index is 0. The third-order valence-electron chi connectivity index (χ3n) is 4.04. The second kappa shape index (κ2) is 8.37. The van der Waals surface area contributed by atoms with Gasteiger partial charge >= 0.3 is 0 Å². The molecule has 0 aromatic heterocycles. The van der Waals surface area contributed by atoms with E-state index < -0.39 is 0 Å². The molecule has 4 nitrogen and oxygen atoms in total. The molecule has 0 radical (unpaired) electrons. The number of hydrogen-bond acceptors (Lipinski definition) is 3. The van der Waals surface area contributed by atoms with Gasteiger partial charge in [-0.25, -0.2) is 0 Å². The van der Waals surface area contributed by atoms with E-state index in [1.54, 1.807) is 0 Å². The molecule has 5 heteroatoms. The van der Waals surface area contributed by atoms with Crippen LogP contribution in [0.1, 0.15) is 24.1 Å². The Balaban J connectivity index is 0.00000220. The summed E-state index contributed by atoms with van der Waals surface area (Å²) >= 11 is 0. The Morgan fingerprint density at radius 1 is 1.38 bits per heavy atom. The summed E-state index contributed by atoms with van der Waals surface area (Å²) in [6.45, 7) is 8.19. The summed E-state index contributed by atoms with van der Waals surface area (Å²) in [5.74, 6) is 0.230. The number of halogens is 1. The number of aryl methyl sites for hydroxylation is 1. The maximum Gasteiger partial charge on any atom is 0.236 e. The molecule has 21 heavy (non-hydrogen) atoms. The number of hydrogen-bond donors (Lipinski definition) is 1. The van der Waals surface area contributed by atoms with Crippen LogP contribution in [0.3, 0.4) is 0 Å². The molecule has 1 heterocycles. The van der Waals surface area contributed by atoms with Crippen LogP contribution in [0.25, 0.3) is 0 Å². The van der Waals surface area contributed by atoms with Crippen molar-refractivity contribution in [2.45, 2.75) is 19.9 Å². The summed E-state index contributed by atoms with van der Waals surface area (Å²) in [6, 6.07) is 8.75. The zero-order valence-electron chi connectivity index (χ0n) is 13.1. The van der Waals surface area contributed by atoms with Crippen molar-refractivity contribution in [3.8, 4) is 0 Å². The molecule has 2 rings (SSSR count). The lowest BCUT2D eigenvalue weighted by atomic mass is 10.0. The highest BCUT2D eigenvalue weighted by Crippen LogP contribution is 2.19. The van der Waals surface area contributed by atoms with Crippen LogP contribution in [0, 0.1) is 6.92 Å². The van der Waals surface area contributed by atoms with Gasteiger partial charge in [-0.15, -0.1) is 12.4 Å². The Morgan fingerprint density at radius 3 is 2.67 bits per heavy atom. The fourth-order valence-corrected chi connectivity index (χ4v) is 2.55. The Hall–Kier alpha value is -1.10. The van der Waals surface area contributed by atoms with Crippen LogP contribution in [0.15, 0.2) is 24.3 Å². The first-order valence-electron chi connectivity index (χ1n) is 7.33. The van der Waals surface area contributed by atoms with E-state index in [1.165, 1.54) is 11.1 Å². The predicted molar refractivity (Wildman–Crippen MR) is 88.9 cm³/mol. The fraction of sp³-hybridized carbons (Fsp3) is 0.562. The van der Waals surface area contributed by atoms with Gasteiger partial charge in [0, 0.05) is 32.2 Å². The lowest BCUT2D eigenvalue weighted by molar-refractivity contribution is -0.133. The predicted octanol–water partition coefficient (Wildman–Crippen LogP) is 1.84. The van der Waals surface area contributed by atoms with Gasteiger partial charge in [-0.3, -0.25) is 9.69 Å². The summed E-state index contributed by atoms with van der Waals surface area (Å²) in [7, 11) is 2.02. The molecule has 0 bridgehead atoms. The van der Waals surface area contributed by atoms with E-state index in [9.17, 15) is 4.79 Å². The number of likely N-dealkylation sites (N-methyl/N-ethyl adjacent to an activating group) is 1. The molecule has 1 unspecified atom stereocenters. The summed E-state index contributed by atoms with van der Waals surface area (Å²) < 4.78 is 0. The standard InChI is InChI=1S/C16H25N3O.ClH/c1-13-5-4-6-15(11-13)14(2)18(3)12-16(20)19-9-7-17-8-10-19;/h4-6,11,14,17H,7-10,12H2,1-3H3;1H. The highest BCUT2D eigenvalue weighted by Gasteiger charge is 2.20. The molecule has 1 aromatic carbocycles. The number of benzene rings is 1. The van der Waals surface area contributed by atoms with Gasteiger partial charge in [0.25, 0.3) is 0 Å². The monoisotopic (exact) mass is 311 g/mol. The Bertz CT molecular complexity index is 461. The summed E-state index contributed by atoms with van der Waals surface area (Å²) in [5.41, 5.74) is 2.52. The van der Waals surface area contributed by atoms with E-state index in [4.69, 9.17) is 0 Å². The normalized spacial score (nSPS) is 16.5. The van der Waals surface area contributed by atoms with Crippen molar-refractivity contribution >= 4 is 18.3 Å². The molecule has 1 fully saturated rings. The first-order valence-corrected chi connectivity index (χ1v) is 7.33. The van der Waals surface area contributed by atoms with E-state index in [-0.39, 0.29) is 24.4 Å². The summed E-state index contributed by atoms with van der Waals surface area (Å²) in [5, 5.41) is 3.27. The van der Waals surface area contributed by atoms with E-state index in [0.29, 0.717) is 6.54 Å². The SMILES string of the molecule is Cc1cccc(C(C)N(C)CC(=O)N2CCNCC2)c1.Cl. The molecule has 0 aliphatic carbocycles. The van der Waals surface area contributed by atoms with Gasteiger partial charge in [0.2, 0.25) is 5.91 Å². The smallest absolute Gasteiger partial charge is 0.236 e. The van der Waals surface area contributed by atoms with Crippen LogP contribution in [0.2, 0.25) is 0 Å². The van der Waals surface area contributed by atoms with Crippen molar-refractivity contribution in [2.24, 2.45) is 0 Å². The first kappa shape index (κ1) is 18.0. The third-order valence-corrected chi connectivity index (χ3v) is 4.04. The van der Waals surface area contributed by atoms with Gasteiger partial charge in [0.15, 0.2) is 0 Å². The number of carbonyl (C=O) groups excluding carboxylic acids is 1. The minimum atomic E-state index is 0. The van der Waals surface area contributed by atoms with E-state index in [0.717, 1.165) is 26.2 Å². The second-order valence-electron chi connectivity index (χ2n) is 5.64. The van der Waals surface area contributed by atoms with Gasteiger partial charge in [-0.1, -0.05) is 29.8 Å². The molecule has 0 spiro atoms. The number of piperazine rings is 1. The topological polar surface area (TPSA) is 35.6 Å². The van der Waals surface area contributed by atoms with Gasteiger partial charge in [-0.2, -0.15) is 0 Å². The fourth-order valence-electron chi connectivity index (χ4n) is 2.55. The molecule has 1 aliphatic rings. The number of nitrogens with zero attached hydrogens (tertiary/aromatic N) is 2. The quantitative estimate of drug-likeness (QED) is 0.921. The van der Waals surface area contributed by atoms with Gasteiger partial charge in [0.05, 0.1) is 6.54 Å². The first-order chi connectivity index (χ1) is 9.58. The number of rotatable bonds is 4. The van der Waals surface area contributed by atoms with Gasteiger partial charge < -0.3 is 10.2 Å². The molecule has 118 valence electrons. The molecule has 1 aliphatic heterocycles. The lowest BCUT2D eigenvalue weighted by Crippen LogP contribution is -2.49. The average molecular weight is 312 g/mol. The molecular formula is C16H26ClN3O. The maximum atomic E-state index is 12.3. The van der Waals surface area contributed by atoms with Gasteiger partial charge in [-0.05, 0) is 26.5 Å². The third kappa shape index (κ3) is 4.99. The van der Waals surface area contributed by atoms with Crippen LogP contribution >= 0.6 is 12.4 Å². The average Bonchev–Trinajstić information content (AvgIpc) is 2.47. The van der Waals surface area contributed by atoms with Crippen molar-refractivity contribution in [2.75, 3.05) is 39.8 Å². The van der Waals surface area contributed by atoms with E-state index >= 15 is 0 Å². The molecule has 1 atom stereocenters. The Kier molecular flexibility index (Phi) is 7.15. The van der Waals surface area contributed by atoms with Crippen LogP contribution < -0.4 is 5.32 Å². The molecular weight excluding hydrogens is 286 g/mol. The number of amides is 1. The summed E-state index contributed by atoms with van der Waals surface area (Å²) in [6.07, 6.45) is 0. The van der Waals surface area contributed by atoms with Gasteiger partial charge in [0.1, 0.15) is 0 Å². The van der Waals surface area contributed by atoms with Crippen molar-refractivity contribution in [3.05, 3.63) is 35.4 Å². The van der Waals surface area contributed by atoms with E-state index in [1.807, 2.05) is 11.9 Å².